The Balaban J connectivity index is 1.43. The number of benzene rings is 1. The van der Waals surface area contributed by atoms with E-state index in [1.165, 1.54) is 12.0 Å². The number of pyridine rings is 1. The topological polar surface area (TPSA) is 73.0 Å². The van der Waals surface area contributed by atoms with Crippen molar-refractivity contribution in [1.82, 2.24) is 29.6 Å². The molecule has 0 saturated carbocycles. The first kappa shape index (κ1) is 19.5. The number of aryl methyl sites for hydroxylation is 1. The van der Waals surface area contributed by atoms with Crippen LogP contribution in [0, 0.1) is 6.92 Å². The van der Waals surface area contributed by atoms with Crippen LogP contribution in [0.5, 0.6) is 0 Å². The second kappa shape index (κ2) is 8.03. The minimum Gasteiger partial charge on any atom is -0.378 e. The number of ether oxygens (including phenoxy) is 1. The van der Waals surface area contributed by atoms with Crippen LogP contribution in [0.4, 0.5) is 5.69 Å². The molecule has 0 aliphatic carbocycles. The lowest BCUT2D eigenvalue weighted by atomic mass is 10.1. The van der Waals surface area contributed by atoms with Gasteiger partial charge in [0.05, 0.1) is 30.9 Å². The van der Waals surface area contributed by atoms with Gasteiger partial charge in [0.25, 0.3) is 0 Å². The van der Waals surface area contributed by atoms with Gasteiger partial charge in [0.15, 0.2) is 11.5 Å². The predicted molar refractivity (Wildman–Crippen MR) is 124 cm³/mol. The SMILES string of the molecule is Cc1cccc(-c2ccn(-c3cc(N4CCOCC4)c4ncn(C[C@@H]5CCN5)c4n3)n2)c1. The van der Waals surface area contributed by atoms with Crippen molar-refractivity contribution >= 4 is 16.9 Å². The van der Waals surface area contributed by atoms with Gasteiger partial charge in [-0.05, 0) is 32.0 Å². The summed E-state index contributed by atoms with van der Waals surface area (Å²) in [7, 11) is 0. The van der Waals surface area contributed by atoms with Crippen molar-refractivity contribution < 1.29 is 4.74 Å². The van der Waals surface area contributed by atoms with Crippen molar-refractivity contribution in [2.45, 2.75) is 25.9 Å². The summed E-state index contributed by atoms with van der Waals surface area (Å²) in [6.07, 6.45) is 5.10. The van der Waals surface area contributed by atoms with Crippen molar-refractivity contribution in [3.63, 3.8) is 0 Å². The second-order valence-corrected chi connectivity index (χ2v) is 8.62. The zero-order valence-electron chi connectivity index (χ0n) is 18.2. The number of fused-ring (bicyclic) bond motifs is 1. The molecule has 2 aliphatic heterocycles. The molecule has 4 aromatic rings. The average Bonchev–Trinajstić information content (AvgIpc) is 3.44. The summed E-state index contributed by atoms with van der Waals surface area (Å²) in [6, 6.07) is 13.1. The molecule has 0 bridgehead atoms. The van der Waals surface area contributed by atoms with E-state index >= 15 is 0 Å². The largest absolute Gasteiger partial charge is 0.378 e. The van der Waals surface area contributed by atoms with Crippen LogP contribution >= 0.6 is 0 Å². The standard InChI is InChI=1S/C24H27N7O/c1-17-3-2-4-18(13-17)20-6-8-31(28-20)22-14-21(29-9-11-32-12-10-29)23-24(27-22)30(16-26-23)15-19-5-7-25-19/h2-4,6,8,13-14,16,19,25H,5,7,9-12,15H2,1H3/t19-/m0/s1. The van der Waals surface area contributed by atoms with E-state index in [0.717, 1.165) is 73.3 Å². The fourth-order valence-corrected chi connectivity index (χ4v) is 4.45. The summed E-state index contributed by atoms with van der Waals surface area (Å²) < 4.78 is 9.63. The molecule has 0 spiro atoms. The monoisotopic (exact) mass is 429 g/mol. The molecule has 0 unspecified atom stereocenters. The summed E-state index contributed by atoms with van der Waals surface area (Å²) in [4.78, 5) is 12.1. The third-order valence-corrected chi connectivity index (χ3v) is 6.37. The number of morpholine rings is 1. The number of imidazole rings is 1. The summed E-state index contributed by atoms with van der Waals surface area (Å²) >= 11 is 0. The summed E-state index contributed by atoms with van der Waals surface area (Å²) in [6.45, 7) is 7.22. The maximum absolute atomic E-state index is 5.58. The molecule has 2 aliphatic rings. The molecular formula is C24H27N7O. The minimum atomic E-state index is 0.488. The number of nitrogens with zero attached hydrogens (tertiary/aromatic N) is 6. The number of anilines is 1. The zero-order valence-corrected chi connectivity index (χ0v) is 18.2. The van der Waals surface area contributed by atoms with E-state index in [0.29, 0.717) is 6.04 Å². The Bertz CT molecular complexity index is 1250. The highest BCUT2D eigenvalue weighted by Crippen LogP contribution is 2.29. The van der Waals surface area contributed by atoms with E-state index in [-0.39, 0.29) is 0 Å². The molecule has 1 atom stereocenters. The van der Waals surface area contributed by atoms with Gasteiger partial charge in [0.1, 0.15) is 5.52 Å². The smallest absolute Gasteiger partial charge is 0.164 e. The number of nitrogens with one attached hydrogen (secondary N) is 1. The Kier molecular flexibility index (Phi) is 4.88. The highest BCUT2D eigenvalue weighted by atomic mass is 16.5. The van der Waals surface area contributed by atoms with E-state index in [4.69, 9.17) is 19.8 Å². The molecule has 8 nitrogen and oxygen atoms in total. The Morgan fingerprint density at radius 3 is 2.81 bits per heavy atom. The van der Waals surface area contributed by atoms with E-state index in [2.05, 4.69) is 52.0 Å². The Morgan fingerprint density at radius 2 is 2.03 bits per heavy atom. The lowest BCUT2D eigenvalue weighted by Crippen LogP contribution is -2.45. The molecule has 164 valence electrons. The van der Waals surface area contributed by atoms with Gasteiger partial charge in [-0.1, -0.05) is 23.8 Å². The first-order valence-electron chi connectivity index (χ1n) is 11.3. The molecule has 3 aromatic heterocycles. The van der Waals surface area contributed by atoms with Crippen molar-refractivity contribution in [2.24, 2.45) is 0 Å². The predicted octanol–water partition coefficient (Wildman–Crippen LogP) is 2.79. The molecule has 5 heterocycles. The van der Waals surface area contributed by atoms with Gasteiger partial charge in [-0.2, -0.15) is 5.10 Å². The fourth-order valence-electron chi connectivity index (χ4n) is 4.45. The molecule has 0 amide bonds. The van der Waals surface area contributed by atoms with Gasteiger partial charge in [0.2, 0.25) is 0 Å². The Hall–Kier alpha value is -3.23. The lowest BCUT2D eigenvalue weighted by Gasteiger charge is -2.29. The Morgan fingerprint density at radius 1 is 1.16 bits per heavy atom. The van der Waals surface area contributed by atoms with E-state index < -0.39 is 0 Å². The van der Waals surface area contributed by atoms with Gasteiger partial charge < -0.3 is 19.5 Å². The van der Waals surface area contributed by atoms with E-state index in [9.17, 15) is 0 Å². The molecule has 2 fully saturated rings. The van der Waals surface area contributed by atoms with Crippen LogP contribution in [-0.4, -0.2) is 63.2 Å². The second-order valence-electron chi connectivity index (χ2n) is 8.62. The maximum atomic E-state index is 5.58. The van der Waals surface area contributed by atoms with Crippen molar-refractivity contribution in [3.05, 3.63) is 54.5 Å². The van der Waals surface area contributed by atoms with Crippen LogP contribution in [0.25, 0.3) is 28.2 Å². The maximum Gasteiger partial charge on any atom is 0.164 e. The van der Waals surface area contributed by atoms with Crippen molar-refractivity contribution in [1.29, 1.82) is 0 Å². The quantitative estimate of drug-likeness (QED) is 0.526. The summed E-state index contributed by atoms with van der Waals surface area (Å²) in [5.41, 5.74) is 6.22. The van der Waals surface area contributed by atoms with Crippen LogP contribution in [0.2, 0.25) is 0 Å². The Labute approximate surface area is 186 Å². The first-order chi connectivity index (χ1) is 15.7. The molecule has 8 heteroatoms. The first-order valence-corrected chi connectivity index (χ1v) is 11.3. The van der Waals surface area contributed by atoms with Crippen LogP contribution in [-0.2, 0) is 11.3 Å². The highest BCUT2D eigenvalue weighted by Gasteiger charge is 2.22. The van der Waals surface area contributed by atoms with Gasteiger partial charge in [0, 0.05) is 43.5 Å². The third-order valence-electron chi connectivity index (χ3n) is 6.37. The van der Waals surface area contributed by atoms with E-state index in [1.54, 1.807) is 0 Å². The van der Waals surface area contributed by atoms with Crippen LogP contribution < -0.4 is 10.2 Å². The summed E-state index contributed by atoms with van der Waals surface area (Å²) in [5.74, 6) is 0.807. The van der Waals surface area contributed by atoms with Gasteiger partial charge >= 0.3 is 0 Å². The molecular weight excluding hydrogens is 402 g/mol. The minimum absolute atomic E-state index is 0.488. The fraction of sp³-hybridized carbons (Fsp3) is 0.375. The molecule has 1 aromatic carbocycles. The highest BCUT2D eigenvalue weighted by molar-refractivity contribution is 5.87. The molecule has 2 saturated heterocycles. The average molecular weight is 430 g/mol. The number of hydrogen-bond acceptors (Lipinski definition) is 6. The molecule has 1 N–H and O–H groups in total. The summed E-state index contributed by atoms with van der Waals surface area (Å²) in [5, 5.41) is 8.33. The molecule has 6 rings (SSSR count). The zero-order chi connectivity index (χ0) is 21.5. The van der Waals surface area contributed by atoms with Crippen molar-refractivity contribution in [2.75, 3.05) is 37.7 Å². The van der Waals surface area contributed by atoms with Crippen LogP contribution in [0.1, 0.15) is 12.0 Å². The normalized spacial score (nSPS) is 18.8. The van der Waals surface area contributed by atoms with Crippen molar-refractivity contribution in [3.8, 4) is 17.1 Å². The lowest BCUT2D eigenvalue weighted by molar-refractivity contribution is 0.123. The molecule has 0 radical (unpaired) electrons. The van der Waals surface area contributed by atoms with Gasteiger partial charge in [-0.3, -0.25) is 0 Å². The van der Waals surface area contributed by atoms with Crippen LogP contribution in [0.3, 0.4) is 0 Å². The van der Waals surface area contributed by atoms with Gasteiger partial charge in [-0.15, -0.1) is 0 Å². The van der Waals surface area contributed by atoms with E-state index in [1.807, 2.05) is 23.3 Å². The third kappa shape index (κ3) is 3.55. The van der Waals surface area contributed by atoms with Crippen LogP contribution in [0.15, 0.2) is 48.9 Å². The number of aromatic nitrogens is 5. The number of rotatable bonds is 5. The number of hydrogen-bond donors (Lipinski definition) is 1. The molecule has 32 heavy (non-hydrogen) atoms. The van der Waals surface area contributed by atoms with Gasteiger partial charge in [-0.25, -0.2) is 14.6 Å².